The highest BCUT2D eigenvalue weighted by atomic mass is 32.2. The molecule has 2 heterocycles. The molecule has 0 bridgehead atoms. The van der Waals surface area contributed by atoms with Crippen LogP contribution in [0.15, 0.2) is 52.2 Å². The maximum absolute atomic E-state index is 12.1. The van der Waals surface area contributed by atoms with Crippen molar-refractivity contribution in [2.24, 2.45) is 0 Å². The van der Waals surface area contributed by atoms with Gasteiger partial charge in [-0.3, -0.25) is 9.78 Å². The molecule has 1 amide bonds. The Labute approximate surface area is 153 Å². The summed E-state index contributed by atoms with van der Waals surface area (Å²) in [7, 11) is 3.09. The predicted molar refractivity (Wildman–Crippen MR) is 96.4 cm³/mol. The van der Waals surface area contributed by atoms with Crippen LogP contribution in [0.4, 0.5) is 5.69 Å². The van der Waals surface area contributed by atoms with E-state index in [1.54, 1.807) is 43.6 Å². The van der Waals surface area contributed by atoms with E-state index < -0.39 is 0 Å². The van der Waals surface area contributed by atoms with E-state index >= 15 is 0 Å². The summed E-state index contributed by atoms with van der Waals surface area (Å²) >= 11 is 1.14. The molecular weight excluding hydrogens is 356 g/mol. The van der Waals surface area contributed by atoms with Gasteiger partial charge in [-0.25, -0.2) is 0 Å². The van der Waals surface area contributed by atoms with Crippen molar-refractivity contribution in [3.63, 3.8) is 0 Å². The standard InChI is InChI=1S/C17H16N4O4S/c1-23-13-7-6-11(9-14(13)24-2)19-15(22)10-26-17-21-20-16(25-17)12-5-3-4-8-18-12/h3-9H,10H2,1-2H3,(H,19,22). The Bertz CT molecular complexity index is 885. The van der Waals surface area contributed by atoms with Crippen molar-refractivity contribution in [1.82, 2.24) is 15.2 Å². The Balaban J connectivity index is 1.57. The molecule has 0 saturated heterocycles. The number of benzene rings is 1. The van der Waals surface area contributed by atoms with Gasteiger partial charge in [0.1, 0.15) is 5.69 Å². The number of hydrogen-bond donors (Lipinski definition) is 1. The van der Waals surface area contributed by atoms with Crippen molar-refractivity contribution in [2.45, 2.75) is 5.22 Å². The molecular formula is C17H16N4O4S. The molecule has 3 aromatic rings. The maximum atomic E-state index is 12.1. The van der Waals surface area contributed by atoms with Gasteiger partial charge in [0.15, 0.2) is 11.5 Å². The number of methoxy groups -OCH3 is 2. The SMILES string of the molecule is COc1ccc(NC(=O)CSc2nnc(-c3ccccn3)o2)cc1OC. The molecule has 134 valence electrons. The molecule has 1 aromatic carbocycles. The minimum Gasteiger partial charge on any atom is -0.493 e. The lowest BCUT2D eigenvalue weighted by atomic mass is 10.2. The van der Waals surface area contributed by atoms with E-state index in [4.69, 9.17) is 13.9 Å². The van der Waals surface area contributed by atoms with Crippen LogP contribution in [-0.4, -0.2) is 41.1 Å². The van der Waals surface area contributed by atoms with Crippen LogP contribution < -0.4 is 14.8 Å². The Hall–Kier alpha value is -3.07. The van der Waals surface area contributed by atoms with Crippen molar-refractivity contribution >= 4 is 23.4 Å². The van der Waals surface area contributed by atoms with E-state index in [1.165, 1.54) is 7.11 Å². The number of thioether (sulfide) groups is 1. The minimum absolute atomic E-state index is 0.123. The largest absolute Gasteiger partial charge is 0.493 e. The molecule has 26 heavy (non-hydrogen) atoms. The highest BCUT2D eigenvalue weighted by molar-refractivity contribution is 7.99. The third-order valence-electron chi connectivity index (χ3n) is 3.28. The second kappa shape index (κ2) is 8.34. The first-order chi connectivity index (χ1) is 12.7. The van der Waals surface area contributed by atoms with E-state index in [0.29, 0.717) is 34.0 Å². The van der Waals surface area contributed by atoms with Gasteiger partial charge in [-0.1, -0.05) is 17.8 Å². The van der Waals surface area contributed by atoms with Gasteiger partial charge in [0.25, 0.3) is 11.1 Å². The fourth-order valence-electron chi connectivity index (χ4n) is 2.10. The summed E-state index contributed by atoms with van der Waals surface area (Å²) in [5.74, 6) is 1.36. The molecule has 0 unspecified atom stereocenters. The number of ether oxygens (including phenoxy) is 2. The zero-order valence-corrected chi connectivity index (χ0v) is 14.9. The summed E-state index contributed by atoms with van der Waals surface area (Å²) in [4.78, 5) is 16.2. The lowest BCUT2D eigenvalue weighted by Gasteiger charge is -2.10. The van der Waals surface area contributed by atoms with E-state index in [1.807, 2.05) is 6.07 Å². The van der Waals surface area contributed by atoms with Gasteiger partial charge in [0.05, 0.1) is 20.0 Å². The van der Waals surface area contributed by atoms with Gasteiger partial charge < -0.3 is 19.2 Å². The fourth-order valence-corrected chi connectivity index (χ4v) is 2.66. The quantitative estimate of drug-likeness (QED) is 0.632. The van der Waals surface area contributed by atoms with Gasteiger partial charge in [0, 0.05) is 18.0 Å². The number of carbonyl (C=O) groups excluding carboxylic acids is 1. The lowest BCUT2D eigenvalue weighted by Crippen LogP contribution is -2.14. The highest BCUT2D eigenvalue weighted by Gasteiger charge is 2.12. The van der Waals surface area contributed by atoms with Crippen LogP contribution >= 0.6 is 11.8 Å². The van der Waals surface area contributed by atoms with E-state index in [0.717, 1.165) is 11.8 Å². The number of anilines is 1. The molecule has 9 heteroatoms. The molecule has 0 fully saturated rings. The zero-order valence-electron chi connectivity index (χ0n) is 14.1. The molecule has 0 aliphatic carbocycles. The number of rotatable bonds is 7. The third-order valence-corrected chi connectivity index (χ3v) is 4.10. The lowest BCUT2D eigenvalue weighted by molar-refractivity contribution is -0.113. The Kier molecular flexibility index (Phi) is 5.69. The molecule has 3 rings (SSSR count). The average Bonchev–Trinajstić information content (AvgIpc) is 3.16. The molecule has 8 nitrogen and oxygen atoms in total. The van der Waals surface area contributed by atoms with Gasteiger partial charge in [-0.05, 0) is 24.3 Å². The van der Waals surface area contributed by atoms with Crippen LogP contribution in [0.25, 0.3) is 11.6 Å². The van der Waals surface area contributed by atoms with Crippen molar-refractivity contribution in [3.05, 3.63) is 42.6 Å². The van der Waals surface area contributed by atoms with E-state index in [2.05, 4.69) is 20.5 Å². The summed E-state index contributed by atoms with van der Waals surface area (Å²) < 4.78 is 15.9. The Morgan fingerprint density at radius 2 is 2.00 bits per heavy atom. The first-order valence-electron chi connectivity index (χ1n) is 7.59. The molecule has 0 aliphatic rings. The number of aromatic nitrogens is 3. The number of nitrogens with one attached hydrogen (secondary N) is 1. The van der Waals surface area contributed by atoms with Crippen LogP contribution in [0, 0.1) is 0 Å². The summed E-state index contributed by atoms with van der Waals surface area (Å²) in [5, 5.41) is 10.9. The second-order valence-corrected chi connectivity index (χ2v) is 5.92. The van der Waals surface area contributed by atoms with E-state index in [-0.39, 0.29) is 11.7 Å². The van der Waals surface area contributed by atoms with Crippen LogP contribution in [0.2, 0.25) is 0 Å². The summed E-state index contributed by atoms with van der Waals surface area (Å²) in [6.07, 6.45) is 1.64. The maximum Gasteiger partial charge on any atom is 0.277 e. The Morgan fingerprint density at radius 3 is 2.73 bits per heavy atom. The third kappa shape index (κ3) is 4.31. The first-order valence-corrected chi connectivity index (χ1v) is 8.57. The predicted octanol–water partition coefficient (Wildman–Crippen LogP) is 2.88. The number of carbonyl (C=O) groups is 1. The Morgan fingerprint density at radius 1 is 1.15 bits per heavy atom. The van der Waals surface area contributed by atoms with Crippen LogP contribution in [0.5, 0.6) is 11.5 Å². The average molecular weight is 372 g/mol. The van der Waals surface area contributed by atoms with Crippen molar-refractivity contribution < 1.29 is 18.7 Å². The molecule has 0 aliphatic heterocycles. The zero-order chi connectivity index (χ0) is 18.4. The molecule has 0 spiro atoms. The summed E-state index contributed by atoms with van der Waals surface area (Å²) in [5.41, 5.74) is 1.19. The fraction of sp³-hybridized carbons (Fsp3) is 0.176. The molecule has 1 N–H and O–H groups in total. The monoisotopic (exact) mass is 372 g/mol. The van der Waals surface area contributed by atoms with Gasteiger partial charge in [-0.2, -0.15) is 0 Å². The second-order valence-electron chi connectivity index (χ2n) is 4.99. The van der Waals surface area contributed by atoms with Crippen LogP contribution in [0.3, 0.4) is 0 Å². The first kappa shape index (κ1) is 17.7. The van der Waals surface area contributed by atoms with Gasteiger partial charge in [-0.15, -0.1) is 10.2 Å². The highest BCUT2D eigenvalue weighted by Crippen LogP contribution is 2.30. The van der Waals surface area contributed by atoms with Crippen molar-refractivity contribution in [1.29, 1.82) is 0 Å². The smallest absolute Gasteiger partial charge is 0.277 e. The van der Waals surface area contributed by atoms with Crippen LogP contribution in [0.1, 0.15) is 0 Å². The number of hydrogen-bond acceptors (Lipinski definition) is 8. The number of pyridine rings is 1. The van der Waals surface area contributed by atoms with Crippen molar-refractivity contribution in [3.8, 4) is 23.1 Å². The molecule has 0 atom stereocenters. The number of nitrogens with zero attached hydrogens (tertiary/aromatic N) is 3. The van der Waals surface area contributed by atoms with E-state index in [9.17, 15) is 4.79 Å². The normalized spacial score (nSPS) is 10.4. The molecule has 0 radical (unpaired) electrons. The minimum atomic E-state index is -0.209. The van der Waals surface area contributed by atoms with Gasteiger partial charge in [0.2, 0.25) is 5.91 Å². The van der Waals surface area contributed by atoms with Crippen molar-refractivity contribution in [2.75, 3.05) is 25.3 Å². The summed E-state index contributed by atoms with van der Waals surface area (Å²) in [6.45, 7) is 0. The van der Waals surface area contributed by atoms with Gasteiger partial charge >= 0.3 is 0 Å². The topological polar surface area (TPSA) is 99.4 Å². The number of amides is 1. The summed E-state index contributed by atoms with van der Waals surface area (Å²) in [6, 6.07) is 10.5. The molecule has 2 aromatic heterocycles. The molecule has 0 saturated carbocycles. The van der Waals surface area contributed by atoms with Crippen LogP contribution in [-0.2, 0) is 4.79 Å².